The molecule has 12 aromatic carbocycles. The lowest BCUT2D eigenvalue weighted by molar-refractivity contribution is 0.214. The van der Waals surface area contributed by atoms with Crippen molar-refractivity contribution >= 4 is 40.8 Å². The number of nitrogens with zero attached hydrogens (tertiary/aromatic N) is 5. The molecule has 0 bridgehead atoms. The number of imidazole rings is 1. The van der Waals surface area contributed by atoms with Gasteiger partial charge in [-0.2, -0.15) is 15.0 Å². The van der Waals surface area contributed by atoms with Crippen molar-refractivity contribution in [3.05, 3.63) is 350 Å². The Kier molecular flexibility index (Phi) is 55.2. The minimum Gasteiger partial charge on any atom is -0.497 e. The average Bonchev–Trinajstić information content (AvgIpc) is 0.914. The summed E-state index contributed by atoms with van der Waals surface area (Å²) in [5.41, 5.74) is 26.7. The van der Waals surface area contributed by atoms with E-state index >= 15 is 0 Å². The predicted octanol–water partition coefficient (Wildman–Crippen LogP) is 22.9. The normalized spacial score (nSPS) is 11.1. The Hall–Kier alpha value is -14.4. The highest BCUT2D eigenvalue weighted by Gasteiger charge is 2.31. The SMILES string of the molecule is C.C.CCOc1ccc(C(Cl)c2ccc(OC)cc2OC)cc1.CCOc1ccc(C(NCCc2ccc(OC)c(OC)c2)c2ccc(OC)cc2OC)cc1.CCOc1ccc(C(O)c2ccc(OC)cc2OC)cc1.CCOc1ccc(C(c2ccc(OC)cc2OC)N(CCc2ccc(OC)c(OC)c2)c2nc(Cl)nc(Cl)n2)cc1.COc1ccc(CCN)cc1OC.NCCc1ncc[nH]1.NCc1cc(F)ccc1F. The zero-order chi connectivity index (χ0) is 107. The number of halogens is 5. The third-order valence-corrected chi connectivity index (χ3v) is 23.3. The standard InChI is InChI=1S/C30H32Cl2N4O5.C27H33NO5.C17H19ClO3.C17H20O4.C10H15NO2.C7H7F2N.C5H9N3.2CH4/c1-6-41-21-10-8-20(9-11-21)27(23-13-12-22(37-2)18-25(23)39-4)36(30-34-28(31)33-29(32)35-30)16-15-19-7-14-24(38-3)26(17-19)40-5;1-6-33-21-10-8-20(9-11-21)27(23-13-12-22(29-2)18-25(23)31-4)28-16-15-19-7-14-24(30-3)26(17-19)32-5;2*1-4-21-13-7-5-12(6-8-13)17(18)15-10-9-14(19-2)11-16(15)20-3;1-12-9-4-3-8(5-6-11)7-10(9)13-2;8-6-1-2-7(9)5(3-6)4-10;6-2-1-5-7-3-4-8-5;;/h7-14,17-18,27H,6,15-16H2,1-5H3;7-14,17-18,27-28H,6,15-16H2,1-5H3;5-11,17H,4H2,1-3H3;5-11,17-18H,4H2,1-3H3;3-4,7H,5-6,11H2,1-2H3;1-3H,4,10H2;3-4H,1-2,6H2,(H,7,8);2*1H4. The van der Waals surface area contributed by atoms with Gasteiger partial charge in [-0.1, -0.05) is 81.6 Å². The molecule has 34 heteroatoms. The maximum absolute atomic E-state index is 12.5. The summed E-state index contributed by atoms with van der Waals surface area (Å²) >= 11 is 19.1. The number of hydrogen-bond acceptors (Lipinski definition) is 28. The molecule has 149 heavy (non-hydrogen) atoms. The van der Waals surface area contributed by atoms with E-state index in [4.69, 9.17) is 137 Å². The number of aliphatic hydroxyl groups excluding tert-OH is 1. The maximum Gasteiger partial charge on any atom is 0.231 e. The van der Waals surface area contributed by atoms with Crippen molar-refractivity contribution in [1.82, 2.24) is 30.2 Å². The van der Waals surface area contributed by atoms with Gasteiger partial charge in [0.05, 0.1) is 143 Å². The predicted molar refractivity (Wildman–Crippen MR) is 587 cm³/mol. The Morgan fingerprint density at radius 1 is 0.362 bits per heavy atom. The third-order valence-electron chi connectivity index (χ3n) is 22.4. The second-order valence-corrected chi connectivity index (χ2v) is 32.6. The van der Waals surface area contributed by atoms with Crippen LogP contribution in [0, 0.1) is 11.6 Å². The van der Waals surface area contributed by atoms with Gasteiger partial charge in [-0.15, -0.1) is 11.6 Å². The number of anilines is 1. The number of aromatic amines is 1. The van der Waals surface area contributed by atoms with Crippen LogP contribution >= 0.6 is 34.8 Å². The number of H-pyrrole nitrogens is 1. The second kappa shape index (κ2) is 66.7. The van der Waals surface area contributed by atoms with Crippen LogP contribution < -0.4 is 113 Å². The van der Waals surface area contributed by atoms with E-state index in [1.165, 1.54) is 5.56 Å². The van der Waals surface area contributed by atoms with Crippen molar-refractivity contribution in [2.75, 3.05) is 157 Å². The van der Waals surface area contributed by atoms with Gasteiger partial charge in [-0.3, -0.25) is 0 Å². The van der Waals surface area contributed by atoms with Gasteiger partial charge >= 0.3 is 0 Å². The van der Waals surface area contributed by atoms with Gasteiger partial charge in [-0.25, -0.2) is 13.8 Å². The van der Waals surface area contributed by atoms with Crippen LogP contribution in [0.5, 0.6) is 103 Å². The summed E-state index contributed by atoms with van der Waals surface area (Å²) in [6.07, 6.45) is 5.89. The summed E-state index contributed by atoms with van der Waals surface area (Å²) < 4.78 is 122. The molecular weight excluding hydrogens is 1970 g/mol. The molecule has 2 aromatic heterocycles. The minimum absolute atomic E-state index is 0. The van der Waals surface area contributed by atoms with Crippen molar-refractivity contribution in [1.29, 1.82) is 0 Å². The van der Waals surface area contributed by atoms with Crippen LogP contribution in [0.3, 0.4) is 0 Å². The molecule has 0 amide bonds. The molecule has 0 aliphatic rings. The first kappa shape index (κ1) is 123. The first-order valence-corrected chi connectivity index (χ1v) is 48.4. The van der Waals surface area contributed by atoms with Crippen LogP contribution in [0.15, 0.2) is 255 Å². The molecule has 4 atom stereocenters. The number of alkyl halides is 1. The van der Waals surface area contributed by atoms with E-state index in [2.05, 4.69) is 48.4 Å². The fraction of sp³-hybridized carbons (Fsp3) is 0.322. The van der Waals surface area contributed by atoms with E-state index in [0.29, 0.717) is 104 Å². The van der Waals surface area contributed by atoms with Crippen molar-refractivity contribution in [2.24, 2.45) is 17.2 Å². The number of ether oxygens (including phenoxy) is 18. The number of aliphatic hydroxyl groups is 1. The first-order valence-electron chi connectivity index (χ1n) is 47.2. The Morgan fingerprint density at radius 2 is 0.725 bits per heavy atom. The monoisotopic (exact) mass is 2110 g/mol. The topological polar surface area (TPSA) is 347 Å². The number of hydrogen-bond donors (Lipinski definition) is 6. The van der Waals surface area contributed by atoms with Crippen molar-refractivity contribution in [3.63, 3.8) is 0 Å². The smallest absolute Gasteiger partial charge is 0.231 e. The van der Waals surface area contributed by atoms with E-state index < -0.39 is 23.8 Å². The summed E-state index contributed by atoms with van der Waals surface area (Å²) in [5.74, 6) is 13.4. The summed E-state index contributed by atoms with van der Waals surface area (Å²) in [6.45, 7) is 12.9. The minimum atomic E-state index is -0.762. The van der Waals surface area contributed by atoms with Crippen molar-refractivity contribution in [3.8, 4) is 103 Å². The van der Waals surface area contributed by atoms with Gasteiger partial charge in [0.15, 0.2) is 34.5 Å². The molecule has 9 N–H and O–H groups in total. The average molecular weight is 2110 g/mol. The molecular formula is C115H143Cl3F2N10O19. The van der Waals surface area contributed by atoms with E-state index in [-0.39, 0.29) is 48.9 Å². The van der Waals surface area contributed by atoms with Gasteiger partial charge in [0.2, 0.25) is 16.5 Å². The Labute approximate surface area is 890 Å². The number of nitrogens with two attached hydrogens (primary N) is 3. The number of benzene rings is 12. The number of aromatic nitrogens is 5. The first-order chi connectivity index (χ1) is 71.4. The second-order valence-electron chi connectivity index (χ2n) is 31.5. The van der Waals surface area contributed by atoms with Crippen molar-refractivity contribution in [2.45, 2.75) is 98.3 Å². The van der Waals surface area contributed by atoms with E-state index in [0.717, 1.165) is 163 Å². The lowest BCUT2D eigenvalue weighted by Crippen LogP contribution is -2.33. The van der Waals surface area contributed by atoms with E-state index in [1.807, 2.05) is 221 Å². The number of methoxy groups -OCH3 is 14. The lowest BCUT2D eigenvalue weighted by Gasteiger charge is -2.34. The Morgan fingerprint density at radius 3 is 1.11 bits per heavy atom. The van der Waals surface area contributed by atoms with Crippen LogP contribution in [-0.2, 0) is 32.2 Å². The molecule has 29 nitrogen and oxygen atoms in total. The van der Waals surface area contributed by atoms with Crippen LogP contribution in [0.25, 0.3) is 0 Å². The molecule has 0 fully saturated rings. The molecule has 0 spiro atoms. The van der Waals surface area contributed by atoms with Gasteiger partial charge < -0.3 is 123 Å². The van der Waals surface area contributed by atoms with Gasteiger partial charge in [0.1, 0.15) is 92.6 Å². The highest BCUT2D eigenvalue weighted by molar-refractivity contribution is 6.31. The summed E-state index contributed by atoms with van der Waals surface area (Å²) in [5, 5.41) is 13.9. The Balaban J connectivity index is 0.000000281. The highest BCUT2D eigenvalue weighted by Crippen LogP contribution is 2.43. The quantitative estimate of drug-likeness (QED) is 0.0193. The number of rotatable bonds is 44. The van der Waals surface area contributed by atoms with Crippen LogP contribution in [0.4, 0.5) is 14.7 Å². The Bertz CT molecular complexity index is 6090. The zero-order valence-electron chi connectivity index (χ0n) is 86.4. The maximum atomic E-state index is 12.5. The van der Waals surface area contributed by atoms with Crippen LogP contribution in [0.1, 0.15) is 139 Å². The summed E-state index contributed by atoms with van der Waals surface area (Å²) in [6, 6.07) is 74.2. The molecule has 14 aromatic rings. The molecule has 0 aliphatic carbocycles. The molecule has 14 rings (SSSR count). The molecule has 0 radical (unpaired) electrons. The van der Waals surface area contributed by atoms with E-state index in [1.54, 1.807) is 130 Å². The third kappa shape index (κ3) is 37.7. The molecule has 0 aliphatic heterocycles. The largest absolute Gasteiger partial charge is 0.497 e. The molecule has 0 saturated heterocycles. The summed E-state index contributed by atoms with van der Waals surface area (Å²) in [7, 11) is 22.8. The summed E-state index contributed by atoms with van der Waals surface area (Å²) in [4.78, 5) is 21.8. The molecule has 2 heterocycles. The molecule has 4 unspecified atom stereocenters. The number of nitrogens with one attached hydrogen (secondary N) is 2. The highest BCUT2D eigenvalue weighted by atomic mass is 35.5. The molecule has 0 saturated carbocycles. The lowest BCUT2D eigenvalue weighted by atomic mass is 9.95. The van der Waals surface area contributed by atoms with Crippen LogP contribution in [0.2, 0.25) is 10.6 Å². The fourth-order valence-corrected chi connectivity index (χ4v) is 15.7. The van der Waals surface area contributed by atoms with Crippen LogP contribution in [-0.4, -0.2) is 182 Å². The fourth-order valence-electron chi connectivity index (χ4n) is 15.1. The van der Waals surface area contributed by atoms with E-state index in [9.17, 15) is 13.9 Å². The molecule has 802 valence electrons. The van der Waals surface area contributed by atoms with Crippen molar-refractivity contribution < 1.29 is 99.2 Å². The van der Waals surface area contributed by atoms with Gasteiger partial charge in [-0.05, 0) is 274 Å². The van der Waals surface area contributed by atoms with Gasteiger partial charge in [0.25, 0.3) is 0 Å². The zero-order valence-corrected chi connectivity index (χ0v) is 88.7. The van der Waals surface area contributed by atoms with Gasteiger partial charge in [0, 0.05) is 90.5 Å².